The van der Waals surface area contributed by atoms with Crippen molar-refractivity contribution in [1.29, 1.82) is 0 Å². The van der Waals surface area contributed by atoms with E-state index in [1.165, 1.54) is 16.9 Å². The Hall–Kier alpha value is 0.0400. The molecule has 0 amide bonds. The maximum Gasteiger partial charge on any atom is 0.0219 e. The third kappa shape index (κ3) is 3.00. The SMILES string of the molecule is C=CC(C)(CCC)c1ccccc1SI. The number of benzene rings is 1. The summed E-state index contributed by atoms with van der Waals surface area (Å²) in [6, 6.07) is 8.62. The van der Waals surface area contributed by atoms with Gasteiger partial charge >= 0.3 is 0 Å². The van der Waals surface area contributed by atoms with Crippen molar-refractivity contribution >= 4 is 30.1 Å². The lowest BCUT2D eigenvalue weighted by Crippen LogP contribution is -2.19. The van der Waals surface area contributed by atoms with Crippen molar-refractivity contribution in [3.8, 4) is 0 Å². The standard InChI is InChI=1S/C13H17IS/c1-4-10-13(3,5-2)11-8-6-7-9-12(11)15-14/h5-9H,2,4,10H2,1,3H3. The van der Waals surface area contributed by atoms with Gasteiger partial charge in [-0.1, -0.05) is 53.5 Å². The molecule has 0 saturated carbocycles. The van der Waals surface area contributed by atoms with Gasteiger partial charge in [-0.2, -0.15) is 0 Å². The summed E-state index contributed by atoms with van der Waals surface area (Å²) in [5.41, 5.74) is 1.52. The molecule has 0 aliphatic heterocycles. The van der Waals surface area contributed by atoms with Gasteiger partial charge in [-0.3, -0.25) is 0 Å². The minimum Gasteiger partial charge on any atom is -0.102 e. The number of hydrogen-bond acceptors (Lipinski definition) is 1. The van der Waals surface area contributed by atoms with Crippen LogP contribution < -0.4 is 0 Å². The van der Waals surface area contributed by atoms with Gasteiger partial charge in [-0.05, 0) is 18.1 Å². The molecule has 0 aliphatic carbocycles. The minimum absolute atomic E-state index is 0.115. The Morgan fingerprint density at radius 3 is 2.67 bits per heavy atom. The van der Waals surface area contributed by atoms with Crippen LogP contribution in [0.2, 0.25) is 0 Å². The lowest BCUT2D eigenvalue weighted by atomic mass is 9.79. The molecule has 0 bridgehead atoms. The molecule has 0 spiro atoms. The summed E-state index contributed by atoms with van der Waals surface area (Å²) in [5, 5.41) is 0. The molecule has 0 heterocycles. The molecule has 0 saturated heterocycles. The fourth-order valence-electron chi connectivity index (χ4n) is 1.87. The molecule has 0 radical (unpaired) electrons. The second-order valence-corrected chi connectivity index (χ2v) is 5.86. The van der Waals surface area contributed by atoms with Crippen LogP contribution in [0, 0.1) is 0 Å². The van der Waals surface area contributed by atoms with E-state index in [-0.39, 0.29) is 5.41 Å². The molecule has 1 aromatic carbocycles. The van der Waals surface area contributed by atoms with Crippen LogP contribution >= 0.6 is 30.1 Å². The third-order valence-corrected chi connectivity index (χ3v) is 4.75. The van der Waals surface area contributed by atoms with Crippen LogP contribution in [0.25, 0.3) is 0 Å². The highest BCUT2D eigenvalue weighted by atomic mass is 127. The average Bonchev–Trinajstić information content (AvgIpc) is 2.29. The highest BCUT2D eigenvalue weighted by Gasteiger charge is 2.24. The molecule has 0 aromatic heterocycles. The Morgan fingerprint density at radius 2 is 2.13 bits per heavy atom. The molecule has 1 aromatic rings. The Labute approximate surface area is 109 Å². The molecule has 0 nitrogen and oxygen atoms in total. The van der Waals surface area contributed by atoms with Crippen LogP contribution in [0.3, 0.4) is 0 Å². The van der Waals surface area contributed by atoms with Gasteiger partial charge in [0.25, 0.3) is 0 Å². The summed E-state index contributed by atoms with van der Waals surface area (Å²) < 4.78 is 0. The quantitative estimate of drug-likeness (QED) is 0.516. The zero-order chi connectivity index (χ0) is 11.3. The normalized spacial score (nSPS) is 14.6. The largest absolute Gasteiger partial charge is 0.102 e. The van der Waals surface area contributed by atoms with Crippen molar-refractivity contribution in [3.63, 3.8) is 0 Å². The summed E-state index contributed by atoms with van der Waals surface area (Å²) >= 11 is 2.35. The maximum absolute atomic E-state index is 3.99. The van der Waals surface area contributed by atoms with E-state index in [4.69, 9.17) is 0 Å². The van der Waals surface area contributed by atoms with Crippen LogP contribution in [0.15, 0.2) is 41.8 Å². The number of hydrogen-bond donors (Lipinski definition) is 0. The smallest absolute Gasteiger partial charge is 0.0219 e. The number of halogens is 1. The van der Waals surface area contributed by atoms with Gasteiger partial charge in [0.05, 0.1) is 0 Å². The number of allylic oxidation sites excluding steroid dienone is 1. The first-order valence-corrected chi connectivity index (χ1v) is 8.55. The zero-order valence-electron chi connectivity index (χ0n) is 9.29. The van der Waals surface area contributed by atoms with Crippen molar-refractivity contribution in [2.45, 2.75) is 37.0 Å². The van der Waals surface area contributed by atoms with Crippen molar-refractivity contribution in [2.24, 2.45) is 0 Å². The second kappa shape index (κ2) is 5.94. The van der Waals surface area contributed by atoms with E-state index >= 15 is 0 Å². The average molecular weight is 332 g/mol. The topological polar surface area (TPSA) is 0 Å². The first-order valence-electron chi connectivity index (χ1n) is 5.19. The van der Waals surface area contributed by atoms with Crippen LogP contribution in [-0.2, 0) is 5.41 Å². The van der Waals surface area contributed by atoms with E-state index in [2.05, 4.69) is 72.0 Å². The van der Waals surface area contributed by atoms with Crippen molar-refractivity contribution in [1.82, 2.24) is 0 Å². The predicted molar refractivity (Wildman–Crippen MR) is 78.8 cm³/mol. The molecule has 1 atom stereocenters. The fourth-order valence-corrected chi connectivity index (χ4v) is 3.54. The summed E-state index contributed by atoms with van der Waals surface area (Å²) in [7, 11) is 1.79. The second-order valence-electron chi connectivity index (χ2n) is 3.94. The Balaban J connectivity index is 3.16. The van der Waals surface area contributed by atoms with Crippen LogP contribution in [0.5, 0.6) is 0 Å². The molecule has 0 N–H and O–H groups in total. The molecular formula is C13H17IS. The molecular weight excluding hydrogens is 315 g/mol. The summed E-state index contributed by atoms with van der Waals surface area (Å²) in [5.74, 6) is 0. The van der Waals surface area contributed by atoms with E-state index in [0.29, 0.717) is 0 Å². The Morgan fingerprint density at radius 1 is 1.47 bits per heavy atom. The molecule has 0 fully saturated rings. The summed E-state index contributed by atoms with van der Waals surface area (Å²) in [6.45, 7) is 8.49. The molecule has 0 aliphatic rings. The Bertz CT molecular complexity index is 335. The molecule has 82 valence electrons. The van der Waals surface area contributed by atoms with E-state index in [0.717, 1.165) is 6.42 Å². The minimum atomic E-state index is 0.115. The van der Waals surface area contributed by atoms with Crippen LogP contribution in [0.4, 0.5) is 0 Å². The highest BCUT2D eigenvalue weighted by Crippen LogP contribution is 2.38. The Kier molecular flexibility index (Phi) is 5.19. The van der Waals surface area contributed by atoms with E-state index in [1.807, 2.05) is 0 Å². The van der Waals surface area contributed by atoms with Gasteiger partial charge in [-0.25, -0.2) is 0 Å². The van der Waals surface area contributed by atoms with Gasteiger partial charge in [0, 0.05) is 31.5 Å². The van der Waals surface area contributed by atoms with E-state index in [1.54, 1.807) is 8.93 Å². The summed E-state index contributed by atoms with van der Waals surface area (Å²) in [6.07, 6.45) is 4.43. The maximum atomic E-state index is 3.99. The summed E-state index contributed by atoms with van der Waals surface area (Å²) in [4.78, 5) is 1.36. The molecule has 2 heteroatoms. The van der Waals surface area contributed by atoms with Gasteiger partial charge in [-0.15, -0.1) is 6.58 Å². The molecule has 15 heavy (non-hydrogen) atoms. The van der Waals surface area contributed by atoms with Gasteiger partial charge in [0.1, 0.15) is 0 Å². The lowest BCUT2D eigenvalue weighted by Gasteiger charge is -2.27. The first kappa shape index (κ1) is 13.1. The molecule has 1 unspecified atom stereocenters. The van der Waals surface area contributed by atoms with E-state index in [9.17, 15) is 0 Å². The zero-order valence-corrected chi connectivity index (χ0v) is 12.3. The van der Waals surface area contributed by atoms with Crippen molar-refractivity contribution in [3.05, 3.63) is 42.5 Å². The monoisotopic (exact) mass is 332 g/mol. The van der Waals surface area contributed by atoms with Crippen LogP contribution in [0.1, 0.15) is 32.3 Å². The van der Waals surface area contributed by atoms with Crippen molar-refractivity contribution in [2.75, 3.05) is 0 Å². The molecule has 1 rings (SSSR count). The third-order valence-electron chi connectivity index (χ3n) is 2.81. The van der Waals surface area contributed by atoms with E-state index < -0.39 is 0 Å². The van der Waals surface area contributed by atoms with Crippen molar-refractivity contribution < 1.29 is 0 Å². The number of rotatable bonds is 5. The van der Waals surface area contributed by atoms with Gasteiger partial charge in [0.2, 0.25) is 0 Å². The predicted octanol–water partition coefficient (Wildman–Crippen LogP) is 5.37. The van der Waals surface area contributed by atoms with Gasteiger partial charge < -0.3 is 0 Å². The fraction of sp³-hybridized carbons (Fsp3) is 0.385. The van der Waals surface area contributed by atoms with Gasteiger partial charge in [0.15, 0.2) is 0 Å². The first-order chi connectivity index (χ1) is 7.18. The highest BCUT2D eigenvalue weighted by molar-refractivity contribution is 14.2. The lowest BCUT2D eigenvalue weighted by molar-refractivity contribution is 0.523. The van der Waals surface area contributed by atoms with Crippen LogP contribution in [-0.4, -0.2) is 0 Å².